The Morgan fingerprint density at radius 1 is 1.37 bits per heavy atom. The van der Waals surface area contributed by atoms with Gasteiger partial charge >= 0.3 is 0 Å². The SMILES string of the molecule is CCC1CN(CC(=O)NC(C)C(C)C)CCC1CN. The van der Waals surface area contributed by atoms with Crippen LogP contribution in [-0.4, -0.2) is 43.0 Å². The number of hydrogen-bond acceptors (Lipinski definition) is 3. The number of carbonyl (C=O) groups is 1. The van der Waals surface area contributed by atoms with E-state index in [-0.39, 0.29) is 11.9 Å². The number of carbonyl (C=O) groups excluding carboxylic acids is 1. The molecule has 0 aliphatic carbocycles. The van der Waals surface area contributed by atoms with Crippen molar-refractivity contribution in [2.75, 3.05) is 26.2 Å². The monoisotopic (exact) mass is 269 g/mol. The van der Waals surface area contributed by atoms with Crippen molar-refractivity contribution in [2.24, 2.45) is 23.5 Å². The van der Waals surface area contributed by atoms with Crippen LogP contribution in [0.25, 0.3) is 0 Å². The molecule has 1 saturated heterocycles. The topological polar surface area (TPSA) is 58.4 Å². The van der Waals surface area contributed by atoms with Crippen LogP contribution in [0.5, 0.6) is 0 Å². The van der Waals surface area contributed by atoms with Gasteiger partial charge in [0.05, 0.1) is 6.54 Å². The zero-order valence-corrected chi connectivity index (χ0v) is 13.0. The van der Waals surface area contributed by atoms with Gasteiger partial charge in [-0.15, -0.1) is 0 Å². The molecule has 1 aliphatic heterocycles. The third-order valence-corrected chi connectivity index (χ3v) is 4.56. The Balaban J connectivity index is 2.39. The third-order valence-electron chi connectivity index (χ3n) is 4.56. The highest BCUT2D eigenvalue weighted by atomic mass is 16.2. The third kappa shape index (κ3) is 5.11. The number of amides is 1. The molecule has 1 fully saturated rings. The molecule has 0 saturated carbocycles. The van der Waals surface area contributed by atoms with Gasteiger partial charge in [-0.05, 0) is 44.2 Å². The molecular formula is C15H31N3O. The second kappa shape index (κ2) is 7.85. The zero-order valence-electron chi connectivity index (χ0n) is 13.0. The Hall–Kier alpha value is -0.610. The lowest BCUT2D eigenvalue weighted by molar-refractivity contribution is -0.123. The molecule has 0 aromatic heterocycles. The fraction of sp³-hybridized carbons (Fsp3) is 0.933. The van der Waals surface area contributed by atoms with Gasteiger partial charge in [0.15, 0.2) is 0 Å². The van der Waals surface area contributed by atoms with Crippen LogP contribution < -0.4 is 11.1 Å². The summed E-state index contributed by atoms with van der Waals surface area (Å²) in [7, 11) is 0. The smallest absolute Gasteiger partial charge is 0.234 e. The van der Waals surface area contributed by atoms with Crippen molar-refractivity contribution < 1.29 is 4.79 Å². The second-order valence-electron chi connectivity index (χ2n) is 6.29. The van der Waals surface area contributed by atoms with E-state index in [1.54, 1.807) is 0 Å². The van der Waals surface area contributed by atoms with Gasteiger partial charge in [0, 0.05) is 12.6 Å². The minimum atomic E-state index is 0.155. The van der Waals surface area contributed by atoms with E-state index >= 15 is 0 Å². The van der Waals surface area contributed by atoms with Crippen molar-refractivity contribution in [2.45, 2.75) is 46.6 Å². The first-order valence-electron chi connectivity index (χ1n) is 7.69. The van der Waals surface area contributed by atoms with Crippen molar-refractivity contribution in [3.8, 4) is 0 Å². The van der Waals surface area contributed by atoms with Crippen LogP contribution in [0.3, 0.4) is 0 Å². The van der Waals surface area contributed by atoms with Gasteiger partial charge in [-0.25, -0.2) is 0 Å². The van der Waals surface area contributed by atoms with Gasteiger partial charge in [-0.1, -0.05) is 27.2 Å². The molecule has 0 bridgehead atoms. The lowest BCUT2D eigenvalue weighted by Crippen LogP contribution is -2.48. The second-order valence-corrected chi connectivity index (χ2v) is 6.29. The predicted molar refractivity (Wildman–Crippen MR) is 79.8 cm³/mol. The van der Waals surface area contributed by atoms with Crippen molar-refractivity contribution in [1.29, 1.82) is 0 Å². The normalized spacial score (nSPS) is 26.4. The molecule has 1 aliphatic rings. The predicted octanol–water partition coefficient (Wildman–Crippen LogP) is 1.45. The molecule has 0 radical (unpaired) electrons. The summed E-state index contributed by atoms with van der Waals surface area (Å²) in [5.41, 5.74) is 5.82. The summed E-state index contributed by atoms with van der Waals surface area (Å²) in [5.74, 6) is 1.92. The quantitative estimate of drug-likeness (QED) is 0.767. The molecule has 4 nitrogen and oxygen atoms in total. The number of nitrogens with two attached hydrogens (primary N) is 1. The summed E-state index contributed by atoms with van der Waals surface area (Å²) >= 11 is 0. The van der Waals surface area contributed by atoms with Gasteiger partial charge in [0.2, 0.25) is 5.91 Å². The summed E-state index contributed by atoms with van der Waals surface area (Å²) in [5, 5.41) is 3.08. The standard InChI is InChI=1S/C15H31N3O/c1-5-13-9-18(7-6-14(13)8-16)10-15(19)17-12(4)11(2)3/h11-14H,5-10,16H2,1-4H3,(H,17,19). The molecule has 19 heavy (non-hydrogen) atoms. The van der Waals surface area contributed by atoms with Gasteiger partial charge in [0.25, 0.3) is 0 Å². The van der Waals surface area contributed by atoms with E-state index in [0.29, 0.717) is 24.3 Å². The fourth-order valence-electron chi connectivity index (χ4n) is 2.74. The molecule has 0 aromatic rings. The first-order valence-corrected chi connectivity index (χ1v) is 7.69. The summed E-state index contributed by atoms with van der Waals surface area (Å²) in [4.78, 5) is 14.3. The Morgan fingerprint density at radius 3 is 2.58 bits per heavy atom. The van der Waals surface area contributed by atoms with E-state index in [1.807, 2.05) is 0 Å². The summed E-state index contributed by atoms with van der Waals surface area (Å²) in [6.07, 6.45) is 2.28. The number of nitrogens with zero attached hydrogens (tertiary/aromatic N) is 1. The molecule has 1 heterocycles. The Bertz CT molecular complexity index is 281. The average Bonchev–Trinajstić information content (AvgIpc) is 2.38. The van der Waals surface area contributed by atoms with Gasteiger partial charge in [-0.2, -0.15) is 0 Å². The maximum absolute atomic E-state index is 12.0. The highest BCUT2D eigenvalue weighted by Crippen LogP contribution is 2.25. The minimum Gasteiger partial charge on any atom is -0.352 e. The van der Waals surface area contributed by atoms with Crippen LogP contribution in [0.2, 0.25) is 0 Å². The van der Waals surface area contributed by atoms with E-state index in [2.05, 4.69) is 37.9 Å². The fourth-order valence-corrected chi connectivity index (χ4v) is 2.74. The molecule has 4 heteroatoms. The van der Waals surface area contributed by atoms with Crippen molar-refractivity contribution >= 4 is 5.91 Å². The van der Waals surface area contributed by atoms with E-state index < -0.39 is 0 Å². The Morgan fingerprint density at radius 2 is 2.05 bits per heavy atom. The highest BCUT2D eigenvalue weighted by molar-refractivity contribution is 5.78. The molecule has 3 atom stereocenters. The van der Waals surface area contributed by atoms with Crippen LogP contribution >= 0.6 is 0 Å². The first kappa shape index (κ1) is 16.4. The Kier molecular flexibility index (Phi) is 6.80. The summed E-state index contributed by atoms with van der Waals surface area (Å²) in [6, 6.07) is 0.246. The largest absolute Gasteiger partial charge is 0.352 e. The molecule has 1 rings (SSSR count). The molecule has 1 amide bonds. The van der Waals surface area contributed by atoms with E-state index in [1.165, 1.54) is 0 Å². The molecule has 112 valence electrons. The molecule has 0 aromatic carbocycles. The van der Waals surface area contributed by atoms with Crippen LogP contribution in [0.15, 0.2) is 0 Å². The summed E-state index contributed by atoms with van der Waals surface area (Å²) in [6.45, 7) is 11.9. The minimum absolute atomic E-state index is 0.155. The van der Waals surface area contributed by atoms with E-state index in [0.717, 1.165) is 32.5 Å². The zero-order chi connectivity index (χ0) is 14.4. The van der Waals surface area contributed by atoms with Crippen molar-refractivity contribution in [3.05, 3.63) is 0 Å². The lowest BCUT2D eigenvalue weighted by Gasteiger charge is -2.37. The van der Waals surface area contributed by atoms with Gasteiger partial charge in [-0.3, -0.25) is 9.69 Å². The number of piperidine rings is 1. The number of nitrogens with one attached hydrogen (secondary N) is 1. The van der Waals surface area contributed by atoms with Gasteiger partial charge in [0.1, 0.15) is 0 Å². The van der Waals surface area contributed by atoms with E-state index in [9.17, 15) is 4.79 Å². The van der Waals surface area contributed by atoms with Crippen molar-refractivity contribution in [1.82, 2.24) is 10.2 Å². The molecule has 0 spiro atoms. The van der Waals surface area contributed by atoms with Crippen LogP contribution in [0.4, 0.5) is 0 Å². The molecule has 3 N–H and O–H groups in total. The molecule has 3 unspecified atom stereocenters. The number of likely N-dealkylation sites (tertiary alicyclic amines) is 1. The number of hydrogen-bond donors (Lipinski definition) is 2. The maximum Gasteiger partial charge on any atom is 0.234 e. The van der Waals surface area contributed by atoms with Crippen LogP contribution in [0.1, 0.15) is 40.5 Å². The number of rotatable bonds is 6. The van der Waals surface area contributed by atoms with Crippen LogP contribution in [0, 0.1) is 17.8 Å². The summed E-state index contributed by atoms with van der Waals surface area (Å²) < 4.78 is 0. The Labute approximate surface area is 118 Å². The maximum atomic E-state index is 12.0. The van der Waals surface area contributed by atoms with Crippen molar-refractivity contribution in [3.63, 3.8) is 0 Å². The van der Waals surface area contributed by atoms with E-state index in [4.69, 9.17) is 5.73 Å². The first-order chi connectivity index (χ1) is 8.97. The van der Waals surface area contributed by atoms with Crippen LogP contribution in [-0.2, 0) is 4.79 Å². The average molecular weight is 269 g/mol. The molecular weight excluding hydrogens is 238 g/mol. The lowest BCUT2D eigenvalue weighted by atomic mass is 9.84. The highest BCUT2D eigenvalue weighted by Gasteiger charge is 2.28. The van der Waals surface area contributed by atoms with Gasteiger partial charge < -0.3 is 11.1 Å².